The second-order valence-corrected chi connectivity index (χ2v) is 9.65. The molecule has 8 heteroatoms. The first-order valence-electron chi connectivity index (χ1n) is 11.2. The van der Waals surface area contributed by atoms with Gasteiger partial charge in [-0.25, -0.2) is 4.79 Å². The van der Waals surface area contributed by atoms with Crippen LogP contribution in [0.4, 0.5) is 4.79 Å². The van der Waals surface area contributed by atoms with Crippen LogP contribution in [0.1, 0.15) is 42.2 Å². The lowest BCUT2D eigenvalue weighted by Gasteiger charge is -2.41. The molecule has 33 heavy (non-hydrogen) atoms. The van der Waals surface area contributed by atoms with E-state index in [0.717, 1.165) is 23.1 Å². The zero-order valence-electron chi connectivity index (χ0n) is 18.7. The number of nitrogens with zero attached hydrogens (tertiary/aromatic N) is 3. The third-order valence-corrected chi connectivity index (χ3v) is 7.33. The van der Waals surface area contributed by atoms with Gasteiger partial charge in [0.25, 0.3) is 0 Å². The van der Waals surface area contributed by atoms with Crippen molar-refractivity contribution in [3.63, 3.8) is 0 Å². The molecular weight excluding hydrogens is 436 g/mol. The number of aromatic nitrogens is 2. The van der Waals surface area contributed by atoms with E-state index in [9.17, 15) is 9.59 Å². The minimum atomic E-state index is -0.331. The summed E-state index contributed by atoms with van der Waals surface area (Å²) in [7, 11) is 0. The SMILES string of the molecule is CSc1ccc(-c2noc(C3CCC4C(=O)N(Cc5ccc(C)cc5)C(=O)NC4C3)n2)cc1. The first kappa shape index (κ1) is 21.7. The largest absolute Gasteiger partial charge is 0.339 e. The van der Waals surface area contributed by atoms with Crippen LogP contribution >= 0.6 is 11.8 Å². The summed E-state index contributed by atoms with van der Waals surface area (Å²) in [5, 5.41) is 7.22. The molecule has 1 aliphatic heterocycles. The number of thioether (sulfide) groups is 1. The molecule has 0 radical (unpaired) electrons. The van der Waals surface area contributed by atoms with Gasteiger partial charge >= 0.3 is 6.03 Å². The molecule has 1 saturated carbocycles. The zero-order chi connectivity index (χ0) is 22.9. The Kier molecular flexibility index (Phi) is 5.93. The maximum absolute atomic E-state index is 13.1. The Morgan fingerprint density at radius 2 is 1.85 bits per heavy atom. The number of carbonyl (C=O) groups excluding carboxylic acids is 2. The number of nitrogens with one attached hydrogen (secondary N) is 1. The molecule has 2 heterocycles. The standard InChI is InChI=1S/C25H26N4O3S/c1-15-3-5-16(6-4-15)14-29-24(30)20-12-9-18(13-21(20)26-25(29)31)23-27-22(28-32-23)17-7-10-19(33-2)11-8-17/h3-8,10-11,18,20-21H,9,12-14H2,1-2H3,(H,26,31). The molecule has 1 saturated heterocycles. The molecule has 170 valence electrons. The van der Waals surface area contributed by atoms with E-state index in [0.29, 0.717) is 31.1 Å². The number of benzene rings is 2. The van der Waals surface area contributed by atoms with Gasteiger partial charge in [-0.2, -0.15) is 4.98 Å². The quantitative estimate of drug-likeness (QED) is 0.550. The van der Waals surface area contributed by atoms with Crippen molar-refractivity contribution < 1.29 is 14.1 Å². The summed E-state index contributed by atoms with van der Waals surface area (Å²) in [6.45, 7) is 2.30. The molecule has 2 aliphatic rings. The molecule has 0 spiro atoms. The Hall–Kier alpha value is -3.13. The highest BCUT2D eigenvalue weighted by Gasteiger charge is 2.45. The maximum atomic E-state index is 13.1. The molecule has 3 amide bonds. The van der Waals surface area contributed by atoms with E-state index in [1.807, 2.05) is 61.7 Å². The third kappa shape index (κ3) is 4.39. The number of fused-ring (bicyclic) bond motifs is 1. The van der Waals surface area contributed by atoms with Gasteiger partial charge in [-0.1, -0.05) is 35.0 Å². The molecule has 3 aromatic rings. The molecule has 3 atom stereocenters. The predicted molar refractivity (Wildman–Crippen MR) is 126 cm³/mol. The molecule has 1 aliphatic carbocycles. The number of carbonyl (C=O) groups is 2. The smallest absolute Gasteiger partial charge is 0.324 e. The summed E-state index contributed by atoms with van der Waals surface area (Å²) in [4.78, 5) is 33.0. The van der Waals surface area contributed by atoms with Gasteiger partial charge in [0, 0.05) is 22.4 Å². The van der Waals surface area contributed by atoms with E-state index in [2.05, 4.69) is 15.5 Å². The molecule has 7 nitrogen and oxygen atoms in total. The topological polar surface area (TPSA) is 88.3 Å². The first-order chi connectivity index (χ1) is 16.0. The molecule has 1 aromatic heterocycles. The van der Waals surface area contributed by atoms with Gasteiger partial charge < -0.3 is 9.84 Å². The van der Waals surface area contributed by atoms with E-state index in [1.54, 1.807) is 11.8 Å². The van der Waals surface area contributed by atoms with Crippen molar-refractivity contribution in [2.24, 2.45) is 5.92 Å². The van der Waals surface area contributed by atoms with Gasteiger partial charge in [0.1, 0.15) is 0 Å². The second kappa shape index (κ2) is 9.02. The molecule has 1 N–H and O–H groups in total. The van der Waals surface area contributed by atoms with Crippen LogP contribution < -0.4 is 5.32 Å². The normalized spacial score (nSPS) is 22.7. The van der Waals surface area contributed by atoms with Crippen molar-refractivity contribution in [2.45, 2.75) is 49.6 Å². The van der Waals surface area contributed by atoms with Gasteiger partial charge in [-0.15, -0.1) is 11.8 Å². The Morgan fingerprint density at radius 3 is 2.58 bits per heavy atom. The zero-order valence-corrected chi connectivity index (χ0v) is 19.5. The molecule has 3 unspecified atom stereocenters. The fraction of sp³-hybridized carbons (Fsp3) is 0.360. The summed E-state index contributed by atoms with van der Waals surface area (Å²) in [5.41, 5.74) is 3.00. The summed E-state index contributed by atoms with van der Waals surface area (Å²) in [6.07, 6.45) is 4.11. The Morgan fingerprint density at radius 1 is 1.09 bits per heavy atom. The lowest BCUT2D eigenvalue weighted by molar-refractivity contribution is -0.137. The fourth-order valence-corrected chi connectivity index (χ4v) is 5.08. The molecular formula is C25H26N4O3S. The summed E-state index contributed by atoms with van der Waals surface area (Å²) >= 11 is 1.68. The number of aryl methyl sites for hydroxylation is 1. The lowest BCUT2D eigenvalue weighted by Crippen LogP contribution is -2.60. The van der Waals surface area contributed by atoms with Crippen LogP contribution in [-0.4, -0.2) is 39.3 Å². The number of urea groups is 1. The summed E-state index contributed by atoms with van der Waals surface area (Å²) in [5.74, 6) is 0.845. The van der Waals surface area contributed by atoms with E-state index < -0.39 is 0 Å². The Bertz CT molecular complexity index is 1160. The number of rotatable bonds is 5. The van der Waals surface area contributed by atoms with Gasteiger partial charge in [0.05, 0.1) is 12.5 Å². The molecule has 0 bridgehead atoms. The molecule has 2 aromatic carbocycles. The Balaban J connectivity index is 1.26. The first-order valence-corrected chi connectivity index (χ1v) is 12.4. The van der Waals surface area contributed by atoms with E-state index >= 15 is 0 Å². The monoisotopic (exact) mass is 462 g/mol. The predicted octanol–water partition coefficient (Wildman–Crippen LogP) is 4.77. The van der Waals surface area contributed by atoms with Crippen LogP contribution in [0, 0.1) is 12.8 Å². The third-order valence-electron chi connectivity index (χ3n) is 6.59. The van der Waals surface area contributed by atoms with E-state index in [4.69, 9.17) is 4.52 Å². The van der Waals surface area contributed by atoms with Crippen LogP contribution in [0.15, 0.2) is 57.9 Å². The highest BCUT2D eigenvalue weighted by Crippen LogP contribution is 2.38. The highest BCUT2D eigenvalue weighted by atomic mass is 32.2. The number of imide groups is 1. The minimum Gasteiger partial charge on any atom is -0.339 e. The van der Waals surface area contributed by atoms with Crippen molar-refractivity contribution in [2.75, 3.05) is 6.26 Å². The average Bonchev–Trinajstić information content (AvgIpc) is 3.33. The van der Waals surface area contributed by atoms with Crippen LogP contribution in [0.3, 0.4) is 0 Å². The van der Waals surface area contributed by atoms with Crippen molar-refractivity contribution in [3.05, 3.63) is 65.5 Å². The number of amides is 3. The van der Waals surface area contributed by atoms with E-state index in [-0.39, 0.29) is 29.8 Å². The Labute approximate surface area is 196 Å². The van der Waals surface area contributed by atoms with Gasteiger partial charge in [-0.05, 0) is 62.3 Å². The van der Waals surface area contributed by atoms with Gasteiger partial charge in [-0.3, -0.25) is 9.69 Å². The molecule has 2 fully saturated rings. The van der Waals surface area contributed by atoms with Crippen molar-refractivity contribution in [1.82, 2.24) is 20.4 Å². The number of hydrogen-bond acceptors (Lipinski definition) is 6. The van der Waals surface area contributed by atoms with Gasteiger partial charge in [0.15, 0.2) is 0 Å². The van der Waals surface area contributed by atoms with Crippen molar-refractivity contribution >= 4 is 23.7 Å². The van der Waals surface area contributed by atoms with Crippen LogP contribution in [-0.2, 0) is 11.3 Å². The lowest BCUT2D eigenvalue weighted by atomic mass is 9.76. The average molecular weight is 463 g/mol. The summed E-state index contributed by atoms with van der Waals surface area (Å²) in [6, 6.07) is 15.4. The van der Waals surface area contributed by atoms with Crippen LogP contribution in [0.5, 0.6) is 0 Å². The second-order valence-electron chi connectivity index (χ2n) is 8.77. The minimum absolute atomic E-state index is 0.0229. The summed E-state index contributed by atoms with van der Waals surface area (Å²) < 4.78 is 5.58. The van der Waals surface area contributed by atoms with Gasteiger partial charge in [0.2, 0.25) is 17.6 Å². The highest BCUT2D eigenvalue weighted by molar-refractivity contribution is 7.98. The van der Waals surface area contributed by atoms with Crippen LogP contribution in [0.25, 0.3) is 11.4 Å². The van der Waals surface area contributed by atoms with E-state index in [1.165, 1.54) is 9.80 Å². The fourth-order valence-electron chi connectivity index (χ4n) is 4.67. The van der Waals surface area contributed by atoms with Crippen molar-refractivity contribution in [1.29, 1.82) is 0 Å². The van der Waals surface area contributed by atoms with Crippen LogP contribution in [0.2, 0.25) is 0 Å². The number of hydrogen-bond donors (Lipinski definition) is 1. The van der Waals surface area contributed by atoms with Crippen molar-refractivity contribution in [3.8, 4) is 11.4 Å². The maximum Gasteiger partial charge on any atom is 0.324 e. The molecule has 5 rings (SSSR count).